The number of methoxy groups -OCH3 is 1. The van der Waals surface area contributed by atoms with Crippen LogP contribution in [0.1, 0.15) is 25.3 Å². The Labute approximate surface area is 155 Å². The van der Waals surface area contributed by atoms with E-state index < -0.39 is 15.4 Å². The summed E-state index contributed by atoms with van der Waals surface area (Å²) in [5, 5.41) is 0. The number of hydrogen-bond donors (Lipinski definition) is 0. The highest BCUT2D eigenvalue weighted by Crippen LogP contribution is 2.37. The van der Waals surface area contributed by atoms with Gasteiger partial charge < -0.3 is 9.47 Å². The molecule has 1 fully saturated rings. The summed E-state index contributed by atoms with van der Waals surface area (Å²) in [6.07, 6.45) is 2.98. The number of nitrogens with zero attached hydrogens (tertiary/aromatic N) is 1. The van der Waals surface area contributed by atoms with E-state index in [0.717, 1.165) is 5.56 Å². The first-order valence-electron chi connectivity index (χ1n) is 8.76. The maximum absolute atomic E-state index is 12.8. The van der Waals surface area contributed by atoms with Crippen molar-refractivity contribution in [3.63, 3.8) is 0 Å². The fraction of sp³-hybridized carbons (Fsp3) is 0.526. The molecule has 1 aromatic rings. The van der Waals surface area contributed by atoms with E-state index in [1.54, 1.807) is 14.0 Å². The van der Waals surface area contributed by atoms with Gasteiger partial charge in [-0.2, -0.15) is 0 Å². The average Bonchev–Trinajstić information content (AvgIpc) is 2.62. The summed E-state index contributed by atoms with van der Waals surface area (Å²) in [6.45, 7) is 6.07. The Kier molecular flexibility index (Phi) is 6.83. The number of hydrogen-bond acceptors (Lipinski definition) is 5. The topological polar surface area (TPSA) is 72.9 Å². The number of benzene rings is 1. The van der Waals surface area contributed by atoms with E-state index in [9.17, 15) is 13.2 Å². The predicted molar refractivity (Wildman–Crippen MR) is 101 cm³/mol. The number of piperidine rings is 1. The van der Waals surface area contributed by atoms with Crippen molar-refractivity contribution in [2.75, 3.05) is 32.6 Å². The van der Waals surface area contributed by atoms with Crippen LogP contribution in [0.25, 0.3) is 0 Å². The number of ether oxygens (including phenoxy) is 2. The van der Waals surface area contributed by atoms with Crippen molar-refractivity contribution in [1.82, 2.24) is 4.31 Å². The van der Waals surface area contributed by atoms with Crippen molar-refractivity contribution in [1.29, 1.82) is 0 Å². The molecule has 0 N–H and O–H groups in total. The van der Waals surface area contributed by atoms with Crippen molar-refractivity contribution in [3.8, 4) is 5.75 Å². The van der Waals surface area contributed by atoms with Crippen LogP contribution >= 0.6 is 0 Å². The molecule has 6 nitrogen and oxygen atoms in total. The summed E-state index contributed by atoms with van der Waals surface area (Å²) in [5.41, 5.74) is 0.0230. The van der Waals surface area contributed by atoms with Gasteiger partial charge in [0.2, 0.25) is 10.0 Å². The maximum Gasteiger partial charge on any atom is 0.313 e. The smallest absolute Gasteiger partial charge is 0.313 e. The molecule has 1 aliphatic heterocycles. The minimum Gasteiger partial charge on any atom is -0.497 e. The SMILES string of the molecule is C=CCS(=O)(=O)N1CCC[C@@](Cc2cccc(OC)c2)(C(=O)OCC)C1. The highest BCUT2D eigenvalue weighted by Gasteiger charge is 2.46. The number of esters is 1. The minimum atomic E-state index is -3.48. The van der Waals surface area contributed by atoms with Crippen LogP contribution in [0.5, 0.6) is 5.75 Å². The summed E-state index contributed by atoms with van der Waals surface area (Å²) >= 11 is 0. The standard InChI is InChI=1S/C19H27NO5S/c1-4-12-26(22,23)20-11-7-10-19(15-20,18(21)25-5-2)14-16-8-6-9-17(13-16)24-3/h4,6,8-9,13H,1,5,7,10-12,14-15H2,2-3H3/t19-/m0/s1. The molecule has 0 bridgehead atoms. The van der Waals surface area contributed by atoms with Crippen LogP contribution < -0.4 is 4.74 Å². The molecular weight excluding hydrogens is 354 g/mol. The van der Waals surface area contributed by atoms with Gasteiger partial charge >= 0.3 is 5.97 Å². The molecule has 1 atom stereocenters. The van der Waals surface area contributed by atoms with Gasteiger partial charge in [0.25, 0.3) is 0 Å². The molecule has 0 saturated carbocycles. The third kappa shape index (κ3) is 4.65. The normalized spacial score (nSPS) is 21.2. The van der Waals surface area contributed by atoms with Crippen LogP contribution in [0.4, 0.5) is 0 Å². The number of sulfonamides is 1. The largest absolute Gasteiger partial charge is 0.497 e. The van der Waals surface area contributed by atoms with Crippen molar-refractivity contribution in [2.45, 2.75) is 26.2 Å². The maximum atomic E-state index is 12.8. The second-order valence-corrected chi connectivity index (χ2v) is 8.55. The first kappa shape index (κ1) is 20.5. The van der Waals surface area contributed by atoms with Crippen LogP contribution in [0.2, 0.25) is 0 Å². The Morgan fingerprint density at radius 2 is 2.19 bits per heavy atom. The van der Waals surface area contributed by atoms with Crippen molar-refractivity contribution in [2.24, 2.45) is 5.41 Å². The van der Waals surface area contributed by atoms with E-state index in [-0.39, 0.29) is 24.9 Å². The van der Waals surface area contributed by atoms with Crippen LogP contribution in [-0.4, -0.2) is 51.3 Å². The molecule has 1 heterocycles. The van der Waals surface area contributed by atoms with E-state index in [1.807, 2.05) is 24.3 Å². The van der Waals surface area contributed by atoms with Gasteiger partial charge in [0.05, 0.1) is 24.9 Å². The quantitative estimate of drug-likeness (QED) is 0.511. The summed E-state index contributed by atoms with van der Waals surface area (Å²) in [7, 11) is -1.89. The lowest BCUT2D eigenvalue weighted by Crippen LogP contribution is -2.52. The van der Waals surface area contributed by atoms with Crippen molar-refractivity contribution < 1.29 is 22.7 Å². The molecule has 0 spiro atoms. The highest BCUT2D eigenvalue weighted by atomic mass is 32.2. The van der Waals surface area contributed by atoms with E-state index in [4.69, 9.17) is 9.47 Å². The number of rotatable bonds is 8. The zero-order valence-corrected chi connectivity index (χ0v) is 16.3. The van der Waals surface area contributed by atoms with E-state index in [1.165, 1.54) is 10.4 Å². The first-order valence-corrected chi connectivity index (χ1v) is 10.4. The Morgan fingerprint density at radius 3 is 2.85 bits per heavy atom. The fourth-order valence-electron chi connectivity index (χ4n) is 3.42. The third-order valence-corrected chi connectivity index (χ3v) is 6.40. The Hall–Kier alpha value is -1.86. The second kappa shape index (κ2) is 8.68. The van der Waals surface area contributed by atoms with Gasteiger partial charge in [-0.05, 0) is 43.9 Å². The minimum absolute atomic E-state index is 0.124. The molecule has 1 aromatic carbocycles. The molecule has 0 unspecified atom stereocenters. The summed E-state index contributed by atoms with van der Waals surface area (Å²) in [6, 6.07) is 7.49. The molecule has 2 rings (SSSR count). The Morgan fingerprint density at radius 1 is 1.42 bits per heavy atom. The van der Waals surface area contributed by atoms with Gasteiger partial charge in [-0.3, -0.25) is 4.79 Å². The zero-order chi connectivity index (χ0) is 19.2. The van der Waals surface area contributed by atoms with Crippen LogP contribution in [0, 0.1) is 5.41 Å². The molecule has 0 radical (unpaired) electrons. The van der Waals surface area contributed by atoms with Crippen LogP contribution in [-0.2, 0) is 26.0 Å². The van der Waals surface area contributed by atoms with E-state index >= 15 is 0 Å². The molecule has 1 saturated heterocycles. The molecule has 0 amide bonds. The van der Waals surface area contributed by atoms with E-state index in [0.29, 0.717) is 31.6 Å². The van der Waals surface area contributed by atoms with Crippen molar-refractivity contribution >= 4 is 16.0 Å². The fourth-order valence-corrected chi connectivity index (χ4v) is 4.78. The van der Waals surface area contributed by atoms with Crippen LogP contribution in [0.3, 0.4) is 0 Å². The van der Waals surface area contributed by atoms with Gasteiger partial charge in [-0.1, -0.05) is 18.2 Å². The molecule has 0 aliphatic carbocycles. The molecular formula is C19H27NO5S. The molecule has 0 aromatic heterocycles. The van der Waals surface area contributed by atoms with Gasteiger partial charge in [0, 0.05) is 13.1 Å². The number of carbonyl (C=O) groups excluding carboxylic acids is 1. The van der Waals surface area contributed by atoms with Gasteiger partial charge in [0.1, 0.15) is 5.75 Å². The monoisotopic (exact) mass is 381 g/mol. The number of carbonyl (C=O) groups is 1. The molecule has 144 valence electrons. The first-order chi connectivity index (χ1) is 12.4. The van der Waals surface area contributed by atoms with Crippen LogP contribution in [0.15, 0.2) is 36.9 Å². The van der Waals surface area contributed by atoms with Gasteiger partial charge in [-0.15, -0.1) is 6.58 Å². The lowest BCUT2D eigenvalue weighted by atomic mass is 9.75. The lowest BCUT2D eigenvalue weighted by molar-refractivity contribution is -0.157. The second-order valence-electron chi connectivity index (χ2n) is 6.53. The molecule has 1 aliphatic rings. The molecule has 26 heavy (non-hydrogen) atoms. The Balaban J connectivity index is 2.35. The average molecular weight is 381 g/mol. The van der Waals surface area contributed by atoms with Gasteiger partial charge in [0.15, 0.2) is 0 Å². The Bertz CT molecular complexity index is 746. The van der Waals surface area contributed by atoms with Crippen molar-refractivity contribution in [3.05, 3.63) is 42.5 Å². The molecule has 7 heteroatoms. The summed E-state index contributed by atoms with van der Waals surface area (Å²) in [5.74, 6) is 0.222. The lowest BCUT2D eigenvalue weighted by Gasteiger charge is -2.40. The zero-order valence-electron chi connectivity index (χ0n) is 15.4. The third-order valence-electron chi connectivity index (χ3n) is 4.65. The predicted octanol–water partition coefficient (Wildman–Crippen LogP) is 2.40. The van der Waals surface area contributed by atoms with Gasteiger partial charge in [-0.25, -0.2) is 12.7 Å². The van der Waals surface area contributed by atoms with E-state index in [2.05, 4.69) is 6.58 Å². The highest BCUT2D eigenvalue weighted by molar-refractivity contribution is 7.89. The summed E-state index contributed by atoms with van der Waals surface area (Å²) in [4.78, 5) is 12.8. The summed E-state index contributed by atoms with van der Waals surface area (Å²) < 4.78 is 37.0.